The molecule has 5 nitrogen and oxygen atoms in total. The normalized spacial score (nSPS) is 11.5. The van der Waals surface area contributed by atoms with E-state index in [0.29, 0.717) is 11.4 Å². The summed E-state index contributed by atoms with van der Waals surface area (Å²) in [4.78, 5) is 7.87. The fourth-order valence-corrected chi connectivity index (χ4v) is 1.62. The molecule has 0 saturated carbocycles. The molecule has 1 heterocycles. The van der Waals surface area contributed by atoms with E-state index in [-0.39, 0.29) is 5.75 Å². The summed E-state index contributed by atoms with van der Waals surface area (Å²) in [5.74, 6) is -0.122. The van der Waals surface area contributed by atoms with Crippen molar-refractivity contribution in [2.45, 2.75) is 12.7 Å². The van der Waals surface area contributed by atoms with Gasteiger partial charge in [0.2, 0.25) is 10.0 Å². The summed E-state index contributed by atoms with van der Waals surface area (Å²) < 4.78 is 24.5. The van der Waals surface area contributed by atoms with Crippen molar-refractivity contribution in [1.29, 1.82) is 0 Å². The highest BCUT2D eigenvalue weighted by Crippen LogP contribution is 2.03. The van der Waals surface area contributed by atoms with Crippen molar-refractivity contribution in [1.82, 2.24) is 14.7 Å². The maximum absolute atomic E-state index is 11.1. The molecule has 0 spiro atoms. The highest BCUT2D eigenvalue weighted by atomic mass is 32.2. The number of sulfonamides is 1. The molecule has 13 heavy (non-hydrogen) atoms. The lowest BCUT2D eigenvalue weighted by molar-refractivity contribution is 0.586. The summed E-state index contributed by atoms with van der Waals surface area (Å²) >= 11 is 0. The fourth-order valence-electron chi connectivity index (χ4n) is 0.830. The summed E-state index contributed by atoms with van der Waals surface area (Å²) in [7, 11) is -1.87. The molecule has 1 aromatic heterocycles. The van der Waals surface area contributed by atoms with Gasteiger partial charge in [0, 0.05) is 12.4 Å². The Balaban J connectivity index is 2.93. The van der Waals surface area contributed by atoms with E-state index in [2.05, 4.69) is 14.7 Å². The Labute approximate surface area is 77.3 Å². The molecular formula is C7H11N3O2S. The number of rotatable bonds is 3. The van der Waals surface area contributed by atoms with Crippen LogP contribution in [0.25, 0.3) is 0 Å². The van der Waals surface area contributed by atoms with Crippen LogP contribution in [0.15, 0.2) is 12.4 Å². The highest BCUT2D eigenvalue weighted by Gasteiger charge is 2.11. The third kappa shape index (κ3) is 2.74. The molecule has 0 aliphatic heterocycles. The molecule has 0 atom stereocenters. The lowest BCUT2D eigenvalue weighted by Crippen LogP contribution is -2.21. The second-order valence-electron chi connectivity index (χ2n) is 2.55. The number of nitrogens with zero attached hydrogens (tertiary/aromatic N) is 2. The average molecular weight is 201 g/mol. The molecule has 0 aliphatic rings. The van der Waals surface area contributed by atoms with Gasteiger partial charge in [-0.15, -0.1) is 0 Å². The third-order valence-electron chi connectivity index (χ3n) is 1.62. The SMILES string of the molecule is CNS(=O)(=O)Cc1nccnc1C. The zero-order chi connectivity index (χ0) is 9.90. The van der Waals surface area contributed by atoms with E-state index in [1.54, 1.807) is 6.92 Å². The number of aromatic nitrogens is 2. The first-order chi connectivity index (χ1) is 6.05. The van der Waals surface area contributed by atoms with E-state index >= 15 is 0 Å². The second kappa shape index (κ2) is 3.80. The summed E-state index contributed by atoms with van der Waals surface area (Å²) in [6, 6.07) is 0. The van der Waals surface area contributed by atoms with Crippen molar-refractivity contribution in [2.24, 2.45) is 0 Å². The first-order valence-electron chi connectivity index (χ1n) is 3.73. The molecule has 1 rings (SSSR count). The number of nitrogens with one attached hydrogen (secondary N) is 1. The van der Waals surface area contributed by atoms with Gasteiger partial charge in [-0.3, -0.25) is 9.97 Å². The molecular weight excluding hydrogens is 190 g/mol. The smallest absolute Gasteiger partial charge is 0.217 e. The van der Waals surface area contributed by atoms with Gasteiger partial charge in [0.05, 0.1) is 11.4 Å². The molecule has 0 unspecified atom stereocenters. The van der Waals surface area contributed by atoms with Crippen molar-refractivity contribution in [2.75, 3.05) is 7.05 Å². The fraction of sp³-hybridized carbons (Fsp3) is 0.429. The zero-order valence-corrected chi connectivity index (χ0v) is 8.30. The summed E-state index contributed by atoms with van der Waals surface area (Å²) in [5, 5.41) is 0. The average Bonchev–Trinajstić information content (AvgIpc) is 2.09. The van der Waals surface area contributed by atoms with Crippen LogP contribution in [-0.2, 0) is 15.8 Å². The maximum atomic E-state index is 11.1. The minimum absolute atomic E-state index is 0.122. The molecule has 6 heteroatoms. The standard InChI is InChI=1S/C7H11N3O2S/c1-6-7(10-4-3-9-6)5-13(11,12)8-2/h3-4,8H,5H2,1-2H3. The summed E-state index contributed by atoms with van der Waals surface area (Å²) in [5.41, 5.74) is 1.12. The largest absolute Gasteiger partial charge is 0.258 e. The van der Waals surface area contributed by atoms with Crippen LogP contribution in [-0.4, -0.2) is 25.4 Å². The van der Waals surface area contributed by atoms with Gasteiger partial charge < -0.3 is 0 Å². The lowest BCUT2D eigenvalue weighted by atomic mass is 10.4. The predicted molar refractivity (Wildman–Crippen MR) is 48.5 cm³/mol. The van der Waals surface area contributed by atoms with E-state index < -0.39 is 10.0 Å². The maximum Gasteiger partial charge on any atom is 0.217 e. The van der Waals surface area contributed by atoms with Crippen molar-refractivity contribution in [3.8, 4) is 0 Å². The first kappa shape index (κ1) is 10.1. The Morgan fingerprint density at radius 1 is 1.38 bits per heavy atom. The Morgan fingerprint density at radius 2 is 2.00 bits per heavy atom. The van der Waals surface area contributed by atoms with E-state index in [9.17, 15) is 8.42 Å². The van der Waals surface area contributed by atoms with Crippen molar-refractivity contribution in [3.05, 3.63) is 23.8 Å². The van der Waals surface area contributed by atoms with Gasteiger partial charge in [0.15, 0.2) is 0 Å². The molecule has 0 aromatic carbocycles. The van der Waals surface area contributed by atoms with E-state index in [0.717, 1.165) is 0 Å². The van der Waals surface area contributed by atoms with Crippen LogP contribution < -0.4 is 4.72 Å². The third-order valence-corrected chi connectivity index (χ3v) is 2.90. The molecule has 1 aromatic rings. The molecule has 0 fully saturated rings. The van der Waals surface area contributed by atoms with Crippen LogP contribution in [0.3, 0.4) is 0 Å². The van der Waals surface area contributed by atoms with E-state index in [1.807, 2.05) is 0 Å². The molecule has 0 bridgehead atoms. The topological polar surface area (TPSA) is 72.0 Å². The summed E-state index contributed by atoms with van der Waals surface area (Å²) in [6.45, 7) is 1.73. The molecule has 1 N–H and O–H groups in total. The van der Waals surface area contributed by atoms with Crippen molar-refractivity contribution in [3.63, 3.8) is 0 Å². The number of hydrogen-bond acceptors (Lipinski definition) is 4. The molecule has 0 amide bonds. The molecule has 72 valence electrons. The van der Waals surface area contributed by atoms with Crippen LogP contribution in [0, 0.1) is 6.92 Å². The monoisotopic (exact) mass is 201 g/mol. The van der Waals surface area contributed by atoms with Crippen molar-refractivity contribution < 1.29 is 8.42 Å². The minimum atomic E-state index is -3.25. The van der Waals surface area contributed by atoms with Gasteiger partial charge in [-0.25, -0.2) is 13.1 Å². The van der Waals surface area contributed by atoms with Crippen molar-refractivity contribution >= 4 is 10.0 Å². The van der Waals surface area contributed by atoms with Crippen LogP contribution in [0.5, 0.6) is 0 Å². The highest BCUT2D eigenvalue weighted by molar-refractivity contribution is 7.88. The second-order valence-corrected chi connectivity index (χ2v) is 4.48. The van der Waals surface area contributed by atoms with Crippen LogP contribution in [0.1, 0.15) is 11.4 Å². The van der Waals surface area contributed by atoms with Crippen LogP contribution in [0.4, 0.5) is 0 Å². The Hall–Kier alpha value is -1.01. The molecule has 0 aliphatic carbocycles. The first-order valence-corrected chi connectivity index (χ1v) is 5.38. The van der Waals surface area contributed by atoms with Crippen LogP contribution >= 0.6 is 0 Å². The van der Waals surface area contributed by atoms with E-state index in [4.69, 9.17) is 0 Å². The molecule has 0 saturated heterocycles. The zero-order valence-electron chi connectivity index (χ0n) is 7.48. The van der Waals surface area contributed by atoms with Gasteiger partial charge in [-0.2, -0.15) is 0 Å². The Kier molecular flexibility index (Phi) is 2.94. The predicted octanol–water partition coefficient (Wildman–Crippen LogP) is -0.166. The van der Waals surface area contributed by atoms with Gasteiger partial charge in [-0.05, 0) is 14.0 Å². The van der Waals surface area contributed by atoms with Gasteiger partial charge in [0.1, 0.15) is 5.75 Å². The van der Waals surface area contributed by atoms with Crippen LogP contribution in [0.2, 0.25) is 0 Å². The Morgan fingerprint density at radius 3 is 2.54 bits per heavy atom. The van der Waals surface area contributed by atoms with Gasteiger partial charge in [-0.1, -0.05) is 0 Å². The number of hydrogen-bond donors (Lipinski definition) is 1. The lowest BCUT2D eigenvalue weighted by Gasteiger charge is -2.03. The Bertz CT molecular complexity index is 388. The quantitative estimate of drug-likeness (QED) is 0.737. The number of aryl methyl sites for hydroxylation is 1. The van der Waals surface area contributed by atoms with Gasteiger partial charge in [0.25, 0.3) is 0 Å². The molecule has 0 radical (unpaired) electrons. The minimum Gasteiger partial charge on any atom is -0.258 e. The van der Waals surface area contributed by atoms with E-state index in [1.165, 1.54) is 19.4 Å². The summed E-state index contributed by atoms with van der Waals surface area (Å²) in [6.07, 6.45) is 3.01. The van der Waals surface area contributed by atoms with Gasteiger partial charge >= 0.3 is 0 Å².